The van der Waals surface area contributed by atoms with Crippen LogP contribution in [0.1, 0.15) is 6.92 Å². The van der Waals surface area contributed by atoms with Crippen molar-refractivity contribution in [3.05, 3.63) is 23.5 Å². The number of carbonyl (C=O) groups excluding carboxylic acids is 1. The second-order valence-electron chi connectivity index (χ2n) is 2.45. The number of halogens is 2. The summed E-state index contributed by atoms with van der Waals surface area (Å²) in [6, 6.07) is 3.41. The van der Waals surface area contributed by atoms with Crippen LogP contribution in [-0.2, 0) is 4.79 Å². The van der Waals surface area contributed by atoms with Crippen LogP contribution in [0.5, 0.6) is 0 Å². The van der Waals surface area contributed by atoms with E-state index in [0.717, 1.165) is 0 Å². The average Bonchev–Trinajstić information content (AvgIpc) is 2.08. The summed E-state index contributed by atoms with van der Waals surface area (Å²) in [7, 11) is 0. The molecule has 1 heterocycles. The third kappa shape index (κ3) is 2.97. The molecule has 1 N–H and O–H groups in total. The Morgan fingerprint density at radius 3 is 3.00 bits per heavy atom. The van der Waals surface area contributed by atoms with Gasteiger partial charge in [-0.15, -0.1) is 0 Å². The summed E-state index contributed by atoms with van der Waals surface area (Å²) < 4.78 is 0. The van der Waals surface area contributed by atoms with E-state index in [0.29, 0.717) is 10.8 Å². The Morgan fingerprint density at radius 1 is 1.77 bits per heavy atom. The van der Waals surface area contributed by atoms with E-state index in [2.05, 4.69) is 26.2 Å². The van der Waals surface area contributed by atoms with E-state index in [4.69, 9.17) is 11.6 Å². The van der Waals surface area contributed by atoms with Gasteiger partial charge in [-0.1, -0.05) is 27.5 Å². The Hall–Kier alpha value is -0.610. The van der Waals surface area contributed by atoms with Gasteiger partial charge in [-0.25, -0.2) is 4.98 Å². The molecule has 1 unspecified atom stereocenters. The fraction of sp³-hybridized carbons (Fsp3) is 0.250. The van der Waals surface area contributed by atoms with Gasteiger partial charge in [0.05, 0.1) is 10.5 Å². The van der Waals surface area contributed by atoms with Gasteiger partial charge in [0, 0.05) is 6.20 Å². The smallest absolute Gasteiger partial charge is 0.237 e. The lowest BCUT2D eigenvalue weighted by Crippen LogP contribution is -2.20. The van der Waals surface area contributed by atoms with Gasteiger partial charge in [0.1, 0.15) is 0 Å². The number of anilines is 1. The Kier molecular flexibility index (Phi) is 3.69. The fourth-order valence-corrected chi connectivity index (χ4v) is 0.992. The molecule has 0 saturated heterocycles. The first-order chi connectivity index (χ1) is 6.11. The number of nitrogens with one attached hydrogen (secondary N) is 1. The number of pyridine rings is 1. The van der Waals surface area contributed by atoms with Gasteiger partial charge in [0.15, 0.2) is 5.15 Å². The molecular formula is C8H8BrClN2O. The molecule has 1 atom stereocenters. The monoisotopic (exact) mass is 262 g/mol. The second-order valence-corrected chi connectivity index (χ2v) is 4.18. The Balaban J connectivity index is 2.75. The van der Waals surface area contributed by atoms with Crippen LogP contribution < -0.4 is 5.32 Å². The highest BCUT2D eigenvalue weighted by atomic mass is 79.9. The van der Waals surface area contributed by atoms with Gasteiger partial charge in [0.25, 0.3) is 0 Å². The van der Waals surface area contributed by atoms with Crippen LogP contribution in [0, 0.1) is 0 Å². The normalized spacial score (nSPS) is 12.2. The summed E-state index contributed by atoms with van der Waals surface area (Å²) in [5.41, 5.74) is 0.528. The van der Waals surface area contributed by atoms with Gasteiger partial charge in [-0.05, 0) is 19.1 Å². The maximum absolute atomic E-state index is 11.2. The minimum absolute atomic E-state index is 0.144. The number of hydrogen-bond acceptors (Lipinski definition) is 2. The summed E-state index contributed by atoms with van der Waals surface area (Å²) in [4.78, 5) is 14.8. The van der Waals surface area contributed by atoms with Gasteiger partial charge >= 0.3 is 0 Å². The molecule has 70 valence electrons. The highest BCUT2D eigenvalue weighted by Crippen LogP contribution is 2.18. The van der Waals surface area contributed by atoms with Crippen molar-refractivity contribution < 1.29 is 4.79 Å². The van der Waals surface area contributed by atoms with Crippen LogP contribution in [0.4, 0.5) is 5.69 Å². The van der Waals surface area contributed by atoms with Crippen molar-refractivity contribution in [2.24, 2.45) is 0 Å². The molecule has 1 aromatic rings. The first-order valence-electron chi connectivity index (χ1n) is 3.66. The molecule has 13 heavy (non-hydrogen) atoms. The number of alkyl halides is 1. The zero-order valence-electron chi connectivity index (χ0n) is 6.92. The summed E-state index contributed by atoms with van der Waals surface area (Å²) in [5.74, 6) is -0.144. The molecule has 0 radical (unpaired) electrons. The van der Waals surface area contributed by atoms with Gasteiger partial charge < -0.3 is 5.32 Å². The minimum atomic E-state index is -0.247. The van der Waals surface area contributed by atoms with Gasteiger partial charge in [-0.2, -0.15) is 0 Å². The maximum atomic E-state index is 11.2. The molecule has 5 heteroatoms. The van der Waals surface area contributed by atoms with Crippen LogP contribution in [0.25, 0.3) is 0 Å². The number of hydrogen-bond donors (Lipinski definition) is 1. The Labute approximate surface area is 89.6 Å². The minimum Gasteiger partial charge on any atom is -0.322 e. The Morgan fingerprint density at radius 2 is 2.46 bits per heavy atom. The van der Waals surface area contributed by atoms with Crippen molar-refractivity contribution in [2.75, 3.05) is 5.32 Å². The van der Waals surface area contributed by atoms with E-state index in [9.17, 15) is 4.79 Å². The van der Waals surface area contributed by atoms with Crippen LogP contribution in [0.15, 0.2) is 18.3 Å². The van der Waals surface area contributed by atoms with Crippen LogP contribution in [-0.4, -0.2) is 15.7 Å². The largest absolute Gasteiger partial charge is 0.322 e. The number of carbonyl (C=O) groups is 1. The number of nitrogens with zero attached hydrogens (tertiary/aromatic N) is 1. The number of rotatable bonds is 2. The van der Waals surface area contributed by atoms with E-state index in [1.54, 1.807) is 25.3 Å². The molecule has 1 amide bonds. The standard InChI is InChI=1S/C8H8BrClN2O/c1-5(9)8(13)12-6-3-2-4-11-7(6)10/h2-5H,1H3,(H,12,13). The number of aromatic nitrogens is 1. The summed E-state index contributed by atoms with van der Waals surface area (Å²) >= 11 is 8.88. The zero-order valence-corrected chi connectivity index (χ0v) is 9.26. The van der Waals surface area contributed by atoms with Crippen molar-refractivity contribution >= 4 is 39.1 Å². The SMILES string of the molecule is CC(Br)C(=O)Nc1cccnc1Cl. The van der Waals surface area contributed by atoms with Crippen LogP contribution >= 0.6 is 27.5 Å². The van der Waals surface area contributed by atoms with E-state index in [1.165, 1.54) is 0 Å². The van der Waals surface area contributed by atoms with E-state index >= 15 is 0 Å². The van der Waals surface area contributed by atoms with Crippen molar-refractivity contribution in [2.45, 2.75) is 11.8 Å². The molecule has 0 aliphatic heterocycles. The molecule has 0 saturated carbocycles. The molecule has 3 nitrogen and oxygen atoms in total. The van der Waals surface area contributed by atoms with E-state index in [-0.39, 0.29) is 10.7 Å². The first-order valence-corrected chi connectivity index (χ1v) is 4.96. The molecule has 1 rings (SSSR count). The topological polar surface area (TPSA) is 42.0 Å². The van der Waals surface area contributed by atoms with Crippen molar-refractivity contribution in [1.82, 2.24) is 4.98 Å². The molecule has 0 fully saturated rings. The molecule has 0 spiro atoms. The summed E-state index contributed by atoms with van der Waals surface area (Å²) in [6.45, 7) is 1.74. The molecule has 0 aromatic carbocycles. The lowest BCUT2D eigenvalue weighted by Gasteiger charge is -2.06. The lowest BCUT2D eigenvalue weighted by molar-refractivity contribution is -0.115. The summed E-state index contributed by atoms with van der Waals surface area (Å²) in [6.07, 6.45) is 1.57. The quantitative estimate of drug-likeness (QED) is 0.658. The molecule has 1 aromatic heterocycles. The van der Waals surface area contributed by atoms with Crippen molar-refractivity contribution in [1.29, 1.82) is 0 Å². The van der Waals surface area contributed by atoms with Crippen LogP contribution in [0.2, 0.25) is 5.15 Å². The van der Waals surface area contributed by atoms with Gasteiger partial charge in [0.2, 0.25) is 5.91 Å². The molecule has 0 bridgehead atoms. The van der Waals surface area contributed by atoms with E-state index < -0.39 is 0 Å². The Bertz CT molecular complexity index is 317. The van der Waals surface area contributed by atoms with E-state index in [1.807, 2.05) is 0 Å². The highest BCUT2D eigenvalue weighted by Gasteiger charge is 2.10. The number of amides is 1. The summed E-state index contributed by atoms with van der Waals surface area (Å²) in [5, 5.41) is 2.92. The third-order valence-electron chi connectivity index (χ3n) is 1.38. The predicted molar refractivity (Wildman–Crippen MR) is 56.3 cm³/mol. The highest BCUT2D eigenvalue weighted by molar-refractivity contribution is 9.10. The second kappa shape index (κ2) is 4.58. The lowest BCUT2D eigenvalue weighted by atomic mass is 10.4. The fourth-order valence-electron chi connectivity index (χ4n) is 0.711. The molecule has 0 aliphatic rings. The van der Waals surface area contributed by atoms with Crippen LogP contribution in [0.3, 0.4) is 0 Å². The average molecular weight is 264 g/mol. The third-order valence-corrected chi connectivity index (χ3v) is 2.10. The molecule has 0 aliphatic carbocycles. The van der Waals surface area contributed by atoms with Crippen molar-refractivity contribution in [3.8, 4) is 0 Å². The zero-order chi connectivity index (χ0) is 9.84. The maximum Gasteiger partial charge on any atom is 0.237 e. The predicted octanol–water partition coefficient (Wildman–Crippen LogP) is 2.46. The van der Waals surface area contributed by atoms with Gasteiger partial charge in [-0.3, -0.25) is 4.79 Å². The van der Waals surface area contributed by atoms with Crippen molar-refractivity contribution in [3.63, 3.8) is 0 Å². The first kappa shape index (κ1) is 10.5. The molecular weight excluding hydrogens is 255 g/mol.